The van der Waals surface area contributed by atoms with E-state index >= 15 is 0 Å². The molecule has 2 aliphatic heterocycles. The zero-order chi connectivity index (χ0) is 16.3. The van der Waals surface area contributed by atoms with Gasteiger partial charge in [-0.25, -0.2) is 4.79 Å². The van der Waals surface area contributed by atoms with E-state index in [1.54, 1.807) is 31.2 Å². The maximum atomic E-state index is 12.6. The molecular formula is C16H19NO6. The van der Waals surface area contributed by atoms with E-state index in [0.717, 1.165) is 0 Å². The van der Waals surface area contributed by atoms with Gasteiger partial charge in [0.1, 0.15) is 12.5 Å². The first-order valence-electron chi connectivity index (χ1n) is 7.59. The number of esters is 1. The van der Waals surface area contributed by atoms with Crippen molar-refractivity contribution in [2.75, 3.05) is 38.4 Å². The van der Waals surface area contributed by atoms with Gasteiger partial charge in [0.15, 0.2) is 0 Å². The van der Waals surface area contributed by atoms with Crippen LogP contribution in [0.2, 0.25) is 0 Å². The van der Waals surface area contributed by atoms with Crippen LogP contribution in [0, 0.1) is 5.92 Å². The number of ether oxygens (including phenoxy) is 4. The third-order valence-corrected chi connectivity index (χ3v) is 3.89. The topological polar surface area (TPSA) is 83.1 Å². The van der Waals surface area contributed by atoms with Crippen LogP contribution in [-0.2, 0) is 23.7 Å². The number of para-hydroxylation sites is 1. The number of rotatable bonds is 4. The molecule has 0 aromatic heterocycles. The van der Waals surface area contributed by atoms with Crippen molar-refractivity contribution >= 4 is 17.6 Å². The van der Waals surface area contributed by atoms with Gasteiger partial charge in [-0.05, 0) is 19.1 Å². The van der Waals surface area contributed by atoms with Gasteiger partial charge in [0.2, 0.25) is 11.7 Å². The van der Waals surface area contributed by atoms with Gasteiger partial charge in [0, 0.05) is 0 Å². The molecule has 1 unspecified atom stereocenters. The predicted octanol–water partition coefficient (Wildman–Crippen LogP) is 1.19. The summed E-state index contributed by atoms with van der Waals surface area (Å²) in [4.78, 5) is 24.6. The van der Waals surface area contributed by atoms with E-state index in [1.807, 2.05) is 0 Å². The Morgan fingerprint density at radius 3 is 2.78 bits per heavy atom. The lowest BCUT2D eigenvalue weighted by atomic mass is 10.0. The largest absolute Gasteiger partial charge is 0.462 e. The van der Waals surface area contributed by atoms with Crippen LogP contribution >= 0.6 is 0 Å². The number of amides is 1. The molecule has 1 aromatic rings. The van der Waals surface area contributed by atoms with E-state index in [-0.39, 0.29) is 25.7 Å². The maximum Gasteiger partial charge on any atom is 0.340 e. The van der Waals surface area contributed by atoms with Crippen LogP contribution in [0.3, 0.4) is 0 Å². The molecule has 2 heterocycles. The Morgan fingerprint density at radius 2 is 2.04 bits per heavy atom. The van der Waals surface area contributed by atoms with Crippen LogP contribution in [0.5, 0.6) is 0 Å². The summed E-state index contributed by atoms with van der Waals surface area (Å²) in [6.07, 6.45) is 0. The molecule has 1 atom stereocenters. The Bertz CT molecular complexity index is 590. The van der Waals surface area contributed by atoms with E-state index in [4.69, 9.17) is 18.9 Å². The summed E-state index contributed by atoms with van der Waals surface area (Å²) in [5, 5.41) is 2.76. The monoisotopic (exact) mass is 321 g/mol. The van der Waals surface area contributed by atoms with Gasteiger partial charge in [0.25, 0.3) is 0 Å². The van der Waals surface area contributed by atoms with Crippen molar-refractivity contribution in [2.45, 2.75) is 12.7 Å². The average molecular weight is 321 g/mol. The highest BCUT2D eigenvalue weighted by Gasteiger charge is 2.53. The lowest BCUT2D eigenvalue weighted by Crippen LogP contribution is -2.44. The summed E-state index contributed by atoms with van der Waals surface area (Å²) in [6.45, 7) is 3.31. The number of hydrogen-bond acceptors (Lipinski definition) is 6. The Balaban J connectivity index is 1.77. The number of anilines is 1. The molecule has 2 fully saturated rings. The highest BCUT2D eigenvalue weighted by Crippen LogP contribution is 2.35. The lowest BCUT2D eigenvalue weighted by Gasteiger charge is -2.26. The van der Waals surface area contributed by atoms with Gasteiger partial charge >= 0.3 is 5.97 Å². The first-order valence-corrected chi connectivity index (χ1v) is 7.59. The maximum absolute atomic E-state index is 12.6. The number of carbonyl (C=O) groups excluding carboxylic acids is 2. The molecule has 0 saturated carbocycles. The molecule has 1 spiro atoms. The number of benzene rings is 1. The minimum Gasteiger partial charge on any atom is -0.462 e. The van der Waals surface area contributed by atoms with Crippen molar-refractivity contribution in [3.05, 3.63) is 29.8 Å². The van der Waals surface area contributed by atoms with Gasteiger partial charge < -0.3 is 24.3 Å². The van der Waals surface area contributed by atoms with E-state index in [2.05, 4.69) is 5.32 Å². The summed E-state index contributed by atoms with van der Waals surface area (Å²) in [5.74, 6) is -2.38. The Labute approximate surface area is 133 Å². The molecule has 0 bridgehead atoms. The average Bonchev–Trinajstić information content (AvgIpc) is 3.18. The molecule has 7 nitrogen and oxygen atoms in total. The number of hydrogen-bond donors (Lipinski definition) is 1. The SMILES string of the molecule is CCOC(=O)c1ccccc1NC(=O)C1COCC12OCCO2. The summed E-state index contributed by atoms with van der Waals surface area (Å²) >= 11 is 0. The Morgan fingerprint density at radius 1 is 1.30 bits per heavy atom. The van der Waals surface area contributed by atoms with Gasteiger partial charge in [0.05, 0.1) is 37.7 Å². The first-order chi connectivity index (χ1) is 11.2. The van der Waals surface area contributed by atoms with Crippen LogP contribution in [0.15, 0.2) is 24.3 Å². The van der Waals surface area contributed by atoms with Crippen LogP contribution in [-0.4, -0.2) is 50.7 Å². The van der Waals surface area contributed by atoms with Crippen molar-refractivity contribution in [3.8, 4) is 0 Å². The van der Waals surface area contributed by atoms with Gasteiger partial charge in [-0.1, -0.05) is 12.1 Å². The van der Waals surface area contributed by atoms with E-state index < -0.39 is 17.7 Å². The highest BCUT2D eigenvalue weighted by molar-refractivity contribution is 6.02. The van der Waals surface area contributed by atoms with Crippen LogP contribution in [0.4, 0.5) is 5.69 Å². The third-order valence-electron chi connectivity index (χ3n) is 3.89. The molecule has 1 amide bonds. The van der Waals surface area contributed by atoms with Crippen molar-refractivity contribution < 1.29 is 28.5 Å². The molecule has 2 saturated heterocycles. The molecule has 3 rings (SSSR count). The second-order valence-corrected chi connectivity index (χ2v) is 5.33. The summed E-state index contributed by atoms with van der Waals surface area (Å²) in [5.41, 5.74) is 0.708. The van der Waals surface area contributed by atoms with Crippen molar-refractivity contribution in [3.63, 3.8) is 0 Å². The van der Waals surface area contributed by atoms with Gasteiger partial charge in [-0.15, -0.1) is 0 Å². The van der Waals surface area contributed by atoms with Crippen LogP contribution in [0.25, 0.3) is 0 Å². The highest BCUT2D eigenvalue weighted by atomic mass is 16.8. The van der Waals surface area contributed by atoms with Crippen LogP contribution in [0.1, 0.15) is 17.3 Å². The Kier molecular flexibility index (Phi) is 4.61. The predicted molar refractivity (Wildman–Crippen MR) is 80.0 cm³/mol. The minimum atomic E-state index is -1.01. The summed E-state index contributed by atoms with van der Waals surface area (Å²) < 4.78 is 21.6. The quantitative estimate of drug-likeness (QED) is 0.839. The fourth-order valence-corrected chi connectivity index (χ4v) is 2.78. The molecule has 23 heavy (non-hydrogen) atoms. The molecular weight excluding hydrogens is 302 g/mol. The normalized spacial score (nSPS) is 22.2. The van der Waals surface area contributed by atoms with Crippen molar-refractivity contribution in [2.24, 2.45) is 5.92 Å². The van der Waals surface area contributed by atoms with Gasteiger partial charge in [-0.3, -0.25) is 4.79 Å². The van der Waals surface area contributed by atoms with Crippen molar-refractivity contribution in [1.29, 1.82) is 0 Å². The lowest BCUT2D eigenvalue weighted by molar-refractivity contribution is -0.181. The molecule has 0 aliphatic carbocycles. The molecule has 1 aromatic carbocycles. The zero-order valence-electron chi connectivity index (χ0n) is 12.9. The fourth-order valence-electron chi connectivity index (χ4n) is 2.78. The molecule has 1 N–H and O–H groups in total. The first kappa shape index (κ1) is 15.9. The minimum absolute atomic E-state index is 0.216. The second kappa shape index (κ2) is 6.66. The second-order valence-electron chi connectivity index (χ2n) is 5.33. The summed E-state index contributed by atoms with van der Waals surface area (Å²) in [6, 6.07) is 6.72. The summed E-state index contributed by atoms with van der Waals surface area (Å²) in [7, 11) is 0. The fraction of sp³-hybridized carbons (Fsp3) is 0.500. The third kappa shape index (κ3) is 3.08. The molecule has 2 aliphatic rings. The van der Waals surface area contributed by atoms with E-state index in [9.17, 15) is 9.59 Å². The molecule has 7 heteroatoms. The molecule has 124 valence electrons. The van der Waals surface area contributed by atoms with Gasteiger partial charge in [-0.2, -0.15) is 0 Å². The standard InChI is InChI=1S/C16H19NO6/c1-2-21-15(19)11-5-3-4-6-13(11)17-14(18)12-9-20-10-16(12)22-7-8-23-16/h3-6,12H,2,7-10H2,1H3,(H,17,18). The van der Waals surface area contributed by atoms with Crippen LogP contribution < -0.4 is 5.32 Å². The smallest absolute Gasteiger partial charge is 0.340 e. The van der Waals surface area contributed by atoms with Crippen molar-refractivity contribution in [1.82, 2.24) is 0 Å². The zero-order valence-corrected chi connectivity index (χ0v) is 12.9. The molecule has 0 radical (unpaired) electrons. The van der Waals surface area contributed by atoms with E-state index in [0.29, 0.717) is 24.5 Å². The number of nitrogens with one attached hydrogen (secondary N) is 1. The Hall–Kier alpha value is -1.96. The number of carbonyl (C=O) groups is 2. The van der Waals surface area contributed by atoms with E-state index in [1.165, 1.54) is 0 Å².